The summed E-state index contributed by atoms with van der Waals surface area (Å²) in [5.74, 6) is 0. The van der Waals surface area contributed by atoms with E-state index < -0.39 is 0 Å². The number of aromatic nitrogens is 4. The summed E-state index contributed by atoms with van der Waals surface area (Å²) >= 11 is 0. The largest absolute Gasteiger partial charge is 0.329 e. The van der Waals surface area contributed by atoms with Crippen molar-refractivity contribution in [1.82, 2.24) is 24.8 Å². The summed E-state index contributed by atoms with van der Waals surface area (Å²) in [5, 5.41) is 3.47. The van der Waals surface area contributed by atoms with E-state index >= 15 is 0 Å². The number of nitrogens with one attached hydrogen (secondary N) is 1. The molecule has 102 valence electrons. The summed E-state index contributed by atoms with van der Waals surface area (Å²) in [6, 6.07) is 8.34. The number of fused-ring (bicyclic) bond motifs is 1. The van der Waals surface area contributed by atoms with E-state index in [1.165, 1.54) is 0 Å². The lowest BCUT2D eigenvalue weighted by atomic mass is 10.1. The Kier molecular flexibility index (Phi) is 3.69. The van der Waals surface area contributed by atoms with E-state index in [2.05, 4.69) is 37.8 Å². The molecule has 5 nitrogen and oxygen atoms in total. The van der Waals surface area contributed by atoms with Crippen LogP contribution >= 0.6 is 0 Å². The molecular weight excluding hydrogens is 250 g/mol. The topological polar surface area (TPSA) is 55.6 Å². The van der Waals surface area contributed by atoms with Gasteiger partial charge in [0.25, 0.3) is 0 Å². The van der Waals surface area contributed by atoms with Crippen LogP contribution in [0.25, 0.3) is 11.0 Å². The van der Waals surface area contributed by atoms with E-state index in [-0.39, 0.29) is 6.04 Å². The van der Waals surface area contributed by atoms with Gasteiger partial charge in [0.15, 0.2) is 0 Å². The number of nitrogens with zero attached hydrogens (tertiary/aromatic N) is 4. The first-order valence-corrected chi connectivity index (χ1v) is 6.76. The molecule has 0 aliphatic carbocycles. The van der Waals surface area contributed by atoms with Crippen LogP contribution in [0.5, 0.6) is 0 Å². The van der Waals surface area contributed by atoms with Crippen molar-refractivity contribution in [3.63, 3.8) is 0 Å². The maximum absolute atomic E-state index is 4.43. The third kappa shape index (κ3) is 2.53. The van der Waals surface area contributed by atoms with Gasteiger partial charge in [-0.05, 0) is 18.7 Å². The normalized spacial score (nSPS) is 12.7. The summed E-state index contributed by atoms with van der Waals surface area (Å²) in [6.07, 6.45) is 7.16. The first-order valence-electron chi connectivity index (χ1n) is 6.76. The lowest BCUT2D eigenvalue weighted by Gasteiger charge is -2.18. The third-order valence-electron chi connectivity index (χ3n) is 3.34. The van der Waals surface area contributed by atoms with E-state index in [1.54, 1.807) is 6.33 Å². The molecule has 0 amide bonds. The predicted octanol–water partition coefficient (Wildman–Crippen LogP) is 2.18. The zero-order valence-electron chi connectivity index (χ0n) is 11.4. The van der Waals surface area contributed by atoms with Gasteiger partial charge in [-0.1, -0.05) is 19.1 Å². The summed E-state index contributed by atoms with van der Waals surface area (Å²) in [7, 11) is 0. The van der Waals surface area contributed by atoms with Gasteiger partial charge < -0.3 is 9.88 Å². The Morgan fingerprint density at radius 1 is 1.20 bits per heavy atom. The van der Waals surface area contributed by atoms with Gasteiger partial charge in [0.05, 0.1) is 23.4 Å². The molecule has 2 aromatic heterocycles. The standard InChI is InChI=1S/C15H17N5/c1-2-18-14(12-7-16-10-17-8-12)9-20-11-19-13-5-3-4-6-15(13)20/h3-8,10-11,14,18H,2,9H2,1H3. The summed E-state index contributed by atoms with van der Waals surface area (Å²) in [5.41, 5.74) is 3.26. The molecule has 0 saturated carbocycles. The molecule has 0 aliphatic rings. The first-order chi connectivity index (χ1) is 9.88. The minimum Gasteiger partial charge on any atom is -0.329 e. The fraction of sp³-hybridized carbons (Fsp3) is 0.267. The Balaban J connectivity index is 1.90. The first kappa shape index (κ1) is 12.7. The van der Waals surface area contributed by atoms with Crippen LogP contribution in [0, 0.1) is 0 Å². The van der Waals surface area contributed by atoms with Crippen LogP contribution in [-0.4, -0.2) is 26.1 Å². The molecule has 1 atom stereocenters. The summed E-state index contributed by atoms with van der Waals surface area (Å²) < 4.78 is 2.16. The Bertz CT molecular complexity index is 677. The molecule has 1 aromatic carbocycles. The molecule has 0 fully saturated rings. The van der Waals surface area contributed by atoms with Gasteiger partial charge in [0.2, 0.25) is 0 Å². The van der Waals surface area contributed by atoms with Crippen molar-refractivity contribution in [2.75, 3.05) is 6.54 Å². The highest BCUT2D eigenvalue weighted by Gasteiger charge is 2.13. The van der Waals surface area contributed by atoms with Gasteiger partial charge in [-0.25, -0.2) is 15.0 Å². The monoisotopic (exact) mass is 267 g/mol. The van der Waals surface area contributed by atoms with Crippen LogP contribution in [0.4, 0.5) is 0 Å². The van der Waals surface area contributed by atoms with Crippen molar-refractivity contribution >= 4 is 11.0 Å². The molecule has 3 rings (SSSR count). The van der Waals surface area contributed by atoms with E-state index in [4.69, 9.17) is 0 Å². The van der Waals surface area contributed by atoms with Gasteiger partial charge in [-0.2, -0.15) is 0 Å². The highest BCUT2D eigenvalue weighted by atomic mass is 15.1. The minimum atomic E-state index is 0.179. The molecule has 3 aromatic rings. The Hall–Kier alpha value is -2.27. The highest BCUT2D eigenvalue weighted by molar-refractivity contribution is 5.74. The molecule has 1 unspecified atom stereocenters. The van der Waals surface area contributed by atoms with Crippen LogP contribution in [0.2, 0.25) is 0 Å². The van der Waals surface area contributed by atoms with Gasteiger partial charge in [0, 0.05) is 24.5 Å². The minimum absolute atomic E-state index is 0.179. The fourth-order valence-electron chi connectivity index (χ4n) is 2.38. The quantitative estimate of drug-likeness (QED) is 0.770. The van der Waals surface area contributed by atoms with Crippen molar-refractivity contribution in [3.8, 4) is 0 Å². The molecule has 0 spiro atoms. The van der Waals surface area contributed by atoms with Crippen LogP contribution in [0.1, 0.15) is 18.5 Å². The van der Waals surface area contributed by atoms with Crippen molar-refractivity contribution in [2.24, 2.45) is 0 Å². The average Bonchev–Trinajstić information content (AvgIpc) is 2.91. The average molecular weight is 267 g/mol. The van der Waals surface area contributed by atoms with E-state index in [9.17, 15) is 0 Å². The zero-order valence-corrected chi connectivity index (χ0v) is 11.4. The lowest BCUT2D eigenvalue weighted by Crippen LogP contribution is -2.25. The number of benzene rings is 1. The number of imidazole rings is 1. The maximum atomic E-state index is 4.43. The molecule has 5 heteroatoms. The molecule has 0 saturated heterocycles. The second-order valence-electron chi connectivity index (χ2n) is 4.67. The number of para-hydroxylation sites is 2. The number of rotatable bonds is 5. The van der Waals surface area contributed by atoms with Crippen molar-refractivity contribution in [3.05, 3.63) is 54.9 Å². The maximum Gasteiger partial charge on any atom is 0.115 e. The Morgan fingerprint density at radius 3 is 2.80 bits per heavy atom. The third-order valence-corrected chi connectivity index (χ3v) is 3.34. The van der Waals surface area contributed by atoms with Gasteiger partial charge in [-0.15, -0.1) is 0 Å². The molecular formula is C15H17N5. The second kappa shape index (κ2) is 5.79. The highest BCUT2D eigenvalue weighted by Crippen LogP contribution is 2.18. The second-order valence-corrected chi connectivity index (χ2v) is 4.67. The van der Waals surface area contributed by atoms with Crippen LogP contribution in [0.3, 0.4) is 0 Å². The van der Waals surface area contributed by atoms with Crippen molar-refractivity contribution < 1.29 is 0 Å². The smallest absolute Gasteiger partial charge is 0.115 e. The van der Waals surface area contributed by atoms with Crippen molar-refractivity contribution in [1.29, 1.82) is 0 Å². The lowest BCUT2D eigenvalue weighted by molar-refractivity contribution is 0.478. The fourth-order valence-corrected chi connectivity index (χ4v) is 2.38. The van der Waals surface area contributed by atoms with E-state index in [0.29, 0.717) is 0 Å². The zero-order chi connectivity index (χ0) is 13.8. The molecule has 20 heavy (non-hydrogen) atoms. The Morgan fingerprint density at radius 2 is 2.00 bits per heavy atom. The number of hydrogen-bond donors (Lipinski definition) is 1. The van der Waals surface area contributed by atoms with Gasteiger partial charge >= 0.3 is 0 Å². The predicted molar refractivity (Wildman–Crippen MR) is 78.2 cm³/mol. The van der Waals surface area contributed by atoms with E-state index in [0.717, 1.165) is 29.7 Å². The van der Waals surface area contributed by atoms with Gasteiger partial charge in [0.1, 0.15) is 6.33 Å². The number of hydrogen-bond acceptors (Lipinski definition) is 4. The van der Waals surface area contributed by atoms with Crippen LogP contribution in [0.15, 0.2) is 49.3 Å². The van der Waals surface area contributed by atoms with Crippen LogP contribution in [-0.2, 0) is 6.54 Å². The molecule has 0 radical (unpaired) electrons. The Labute approximate surface area is 117 Å². The van der Waals surface area contributed by atoms with Crippen LogP contribution < -0.4 is 5.32 Å². The molecule has 0 aliphatic heterocycles. The van der Waals surface area contributed by atoms with E-state index in [1.807, 2.05) is 36.9 Å². The molecule has 0 bridgehead atoms. The summed E-state index contributed by atoms with van der Waals surface area (Å²) in [6.45, 7) is 3.80. The molecule has 2 heterocycles. The SMILES string of the molecule is CCNC(Cn1cnc2ccccc21)c1cncnc1. The summed E-state index contributed by atoms with van der Waals surface area (Å²) in [4.78, 5) is 12.6. The number of likely N-dealkylation sites (N-methyl/N-ethyl adjacent to an activating group) is 1. The van der Waals surface area contributed by atoms with Crippen molar-refractivity contribution in [2.45, 2.75) is 19.5 Å². The van der Waals surface area contributed by atoms with Gasteiger partial charge in [-0.3, -0.25) is 0 Å². The molecule has 1 N–H and O–H groups in total.